The fourth-order valence-corrected chi connectivity index (χ4v) is 3.52. The fourth-order valence-electron chi connectivity index (χ4n) is 2.24. The minimum Gasteiger partial charge on any atom is -0.465 e. The summed E-state index contributed by atoms with van der Waals surface area (Å²) in [7, 11) is -2.90. The van der Waals surface area contributed by atoms with Crippen molar-refractivity contribution >= 4 is 15.8 Å². The highest BCUT2D eigenvalue weighted by atomic mass is 32.2. The van der Waals surface area contributed by atoms with Crippen molar-refractivity contribution in [3.8, 4) is 0 Å². The summed E-state index contributed by atoms with van der Waals surface area (Å²) in [5.41, 5.74) is -0.785. The van der Waals surface area contributed by atoms with Crippen molar-refractivity contribution in [2.45, 2.75) is 32.7 Å². The van der Waals surface area contributed by atoms with Gasteiger partial charge in [0, 0.05) is 19.6 Å². The van der Waals surface area contributed by atoms with Crippen LogP contribution in [0.2, 0.25) is 0 Å². The zero-order chi connectivity index (χ0) is 15.2. The summed E-state index contributed by atoms with van der Waals surface area (Å²) in [6.45, 7) is 8.14. The normalized spacial score (nSPS) is 22.1. The Morgan fingerprint density at radius 1 is 1.30 bits per heavy atom. The van der Waals surface area contributed by atoms with Crippen molar-refractivity contribution in [1.29, 1.82) is 0 Å². The van der Waals surface area contributed by atoms with Crippen LogP contribution in [0.1, 0.15) is 27.2 Å². The van der Waals surface area contributed by atoms with Gasteiger partial charge in [-0.05, 0) is 26.8 Å². The van der Waals surface area contributed by atoms with Crippen molar-refractivity contribution in [2.24, 2.45) is 0 Å². The molecule has 0 aliphatic carbocycles. The molecule has 0 amide bonds. The van der Waals surface area contributed by atoms with Crippen molar-refractivity contribution < 1.29 is 17.9 Å². The first kappa shape index (κ1) is 17.4. The number of nitrogens with zero attached hydrogens (tertiary/aromatic N) is 1. The highest BCUT2D eigenvalue weighted by molar-refractivity contribution is 7.91. The van der Waals surface area contributed by atoms with E-state index in [-0.39, 0.29) is 17.5 Å². The zero-order valence-corrected chi connectivity index (χ0v) is 13.5. The monoisotopic (exact) mass is 306 g/mol. The number of esters is 1. The summed E-state index contributed by atoms with van der Waals surface area (Å²) in [5.74, 6) is 0.0567. The summed E-state index contributed by atoms with van der Waals surface area (Å²) in [6, 6.07) is 0. The van der Waals surface area contributed by atoms with Gasteiger partial charge in [-0.3, -0.25) is 9.69 Å². The SMILES string of the molecule is CCCNC(C)(CN1CCS(=O)(=O)CC1)C(=O)OCC. The Bertz CT molecular complexity index is 410. The van der Waals surface area contributed by atoms with Gasteiger partial charge in [-0.15, -0.1) is 0 Å². The summed E-state index contributed by atoms with van der Waals surface area (Å²) in [5, 5.41) is 3.23. The van der Waals surface area contributed by atoms with Gasteiger partial charge in [-0.2, -0.15) is 0 Å². The highest BCUT2D eigenvalue weighted by Gasteiger charge is 2.37. The molecule has 1 heterocycles. The third-order valence-electron chi connectivity index (χ3n) is 3.47. The molecule has 0 aromatic carbocycles. The molecule has 7 heteroatoms. The molecular weight excluding hydrogens is 280 g/mol. The summed E-state index contributed by atoms with van der Waals surface area (Å²) in [6.07, 6.45) is 0.920. The summed E-state index contributed by atoms with van der Waals surface area (Å²) in [4.78, 5) is 14.2. The Labute approximate surface area is 121 Å². The van der Waals surface area contributed by atoms with Crippen LogP contribution in [0.3, 0.4) is 0 Å². The lowest BCUT2D eigenvalue weighted by molar-refractivity contribution is -0.151. The second-order valence-corrected chi connectivity index (χ2v) is 7.71. The van der Waals surface area contributed by atoms with Crippen LogP contribution >= 0.6 is 0 Å². The van der Waals surface area contributed by atoms with E-state index in [1.807, 2.05) is 18.7 Å². The molecule has 1 fully saturated rings. The molecule has 118 valence electrons. The molecule has 1 aliphatic heterocycles. The van der Waals surface area contributed by atoms with Gasteiger partial charge in [-0.25, -0.2) is 8.42 Å². The topological polar surface area (TPSA) is 75.7 Å². The minimum absolute atomic E-state index is 0.166. The first-order valence-corrected chi connectivity index (χ1v) is 9.00. The number of nitrogens with one attached hydrogen (secondary N) is 1. The maximum absolute atomic E-state index is 12.1. The number of carbonyl (C=O) groups is 1. The van der Waals surface area contributed by atoms with Gasteiger partial charge < -0.3 is 10.1 Å². The van der Waals surface area contributed by atoms with Crippen molar-refractivity contribution in [2.75, 3.05) is 44.3 Å². The van der Waals surface area contributed by atoms with E-state index in [0.717, 1.165) is 13.0 Å². The van der Waals surface area contributed by atoms with E-state index in [9.17, 15) is 13.2 Å². The first-order valence-electron chi connectivity index (χ1n) is 7.18. The second-order valence-electron chi connectivity index (χ2n) is 5.41. The van der Waals surface area contributed by atoms with Crippen LogP contribution in [0.4, 0.5) is 0 Å². The average Bonchev–Trinajstić information content (AvgIpc) is 2.39. The van der Waals surface area contributed by atoms with Crippen LogP contribution in [0.5, 0.6) is 0 Å². The molecule has 0 aromatic rings. The van der Waals surface area contributed by atoms with Crippen molar-refractivity contribution in [1.82, 2.24) is 10.2 Å². The molecule has 0 radical (unpaired) electrons. The van der Waals surface area contributed by atoms with E-state index in [0.29, 0.717) is 26.2 Å². The quantitative estimate of drug-likeness (QED) is 0.669. The Kier molecular flexibility index (Phi) is 6.42. The van der Waals surface area contributed by atoms with Crippen LogP contribution in [-0.4, -0.2) is 69.1 Å². The van der Waals surface area contributed by atoms with Crippen LogP contribution < -0.4 is 5.32 Å². The van der Waals surface area contributed by atoms with Gasteiger partial charge in [0.15, 0.2) is 9.84 Å². The highest BCUT2D eigenvalue weighted by Crippen LogP contribution is 2.13. The molecule has 0 saturated carbocycles. The molecule has 1 aliphatic rings. The number of ether oxygens (including phenoxy) is 1. The third-order valence-corrected chi connectivity index (χ3v) is 5.08. The molecule has 1 atom stereocenters. The van der Waals surface area contributed by atoms with Gasteiger partial charge >= 0.3 is 5.97 Å². The van der Waals surface area contributed by atoms with E-state index in [4.69, 9.17) is 4.74 Å². The van der Waals surface area contributed by atoms with Crippen LogP contribution in [0, 0.1) is 0 Å². The Morgan fingerprint density at radius 2 is 1.90 bits per heavy atom. The van der Waals surface area contributed by atoms with Gasteiger partial charge in [0.25, 0.3) is 0 Å². The summed E-state index contributed by atoms with van der Waals surface area (Å²) >= 11 is 0. The molecule has 20 heavy (non-hydrogen) atoms. The third kappa shape index (κ3) is 5.03. The largest absolute Gasteiger partial charge is 0.465 e. The van der Waals surface area contributed by atoms with E-state index in [1.54, 1.807) is 6.92 Å². The lowest BCUT2D eigenvalue weighted by atomic mass is 10.0. The Balaban J connectivity index is 2.67. The number of hydrogen-bond acceptors (Lipinski definition) is 6. The minimum atomic E-state index is -2.90. The van der Waals surface area contributed by atoms with Gasteiger partial charge in [0.2, 0.25) is 0 Å². The standard InChI is InChI=1S/C13H26N2O4S/c1-4-6-14-13(3,12(16)19-5-2)11-15-7-9-20(17,18)10-8-15/h14H,4-11H2,1-3H3. The molecular formula is C13H26N2O4S. The van der Waals surface area contributed by atoms with Gasteiger partial charge in [0.05, 0.1) is 18.1 Å². The average molecular weight is 306 g/mol. The Morgan fingerprint density at radius 3 is 2.40 bits per heavy atom. The lowest BCUT2D eigenvalue weighted by Gasteiger charge is -2.36. The number of rotatable bonds is 7. The van der Waals surface area contributed by atoms with Crippen LogP contribution in [-0.2, 0) is 19.4 Å². The summed E-state index contributed by atoms with van der Waals surface area (Å²) < 4.78 is 28.0. The molecule has 1 rings (SSSR count). The number of carbonyl (C=O) groups excluding carboxylic acids is 1. The number of hydrogen-bond donors (Lipinski definition) is 1. The predicted octanol–water partition coefficient (Wildman–Crippen LogP) is 0.0382. The first-order chi connectivity index (χ1) is 9.33. The van der Waals surface area contributed by atoms with E-state index >= 15 is 0 Å². The molecule has 1 N–H and O–H groups in total. The van der Waals surface area contributed by atoms with Crippen LogP contribution in [0.15, 0.2) is 0 Å². The fraction of sp³-hybridized carbons (Fsp3) is 0.923. The molecule has 0 spiro atoms. The van der Waals surface area contributed by atoms with Crippen LogP contribution in [0.25, 0.3) is 0 Å². The van der Waals surface area contributed by atoms with E-state index < -0.39 is 15.4 Å². The second kappa shape index (κ2) is 7.38. The van der Waals surface area contributed by atoms with E-state index in [2.05, 4.69) is 5.32 Å². The molecule has 0 aromatic heterocycles. The molecule has 1 saturated heterocycles. The number of sulfone groups is 1. The molecule has 6 nitrogen and oxygen atoms in total. The van der Waals surface area contributed by atoms with E-state index in [1.165, 1.54) is 0 Å². The van der Waals surface area contributed by atoms with Gasteiger partial charge in [0.1, 0.15) is 5.54 Å². The Hall–Kier alpha value is -0.660. The van der Waals surface area contributed by atoms with Crippen molar-refractivity contribution in [3.05, 3.63) is 0 Å². The molecule has 0 bridgehead atoms. The molecule has 1 unspecified atom stereocenters. The lowest BCUT2D eigenvalue weighted by Crippen LogP contribution is -2.59. The van der Waals surface area contributed by atoms with Gasteiger partial charge in [-0.1, -0.05) is 6.92 Å². The maximum atomic E-state index is 12.1. The smallest absolute Gasteiger partial charge is 0.327 e. The zero-order valence-electron chi connectivity index (χ0n) is 12.6. The van der Waals surface area contributed by atoms with Crippen molar-refractivity contribution in [3.63, 3.8) is 0 Å². The predicted molar refractivity (Wildman–Crippen MR) is 78.4 cm³/mol. The maximum Gasteiger partial charge on any atom is 0.327 e.